The summed E-state index contributed by atoms with van der Waals surface area (Å²) in [6.07, 6.45) is 15.4. The Balaban J connectivity index is 1.59. The van der Waals surface area contributed by atoms with E-state index in [4.69, 9.17) is 0 Å². The summed E-state index contributed by atoms with van der Waals surface area (Å²) in [5.74, 6) is 3.74. The van der Waals surface area contributed by atoms with Crippen LogP contribution in [0.15, 0.2) is 12.2 Å². The molecule has 4 rings (SSSR count). The molecule has 130 valence electrons. The lowest BCUT2D eigenvalue weighted by Crippen LogP contribution is -2.53. The van der Waals surface area contributed by atoms with E-state index in [1.54, 1.807) is 0 Å². The van der Waals surface area contributed by atoms with Crippen molar-refractivity contribution in [2.45, 2.75) is 77.9 Å². The van der Waals surface area contributed by atoms with Gasteiger partial charge in [0.2, 0.25) is 0 Å². The Morgan fingerprint density at radius 2 is 1.78 bits per heavy atom. The summed E-state index contributed by atoms with van der Waals surface area (Å²) in [5.41, 5.74) is 0.855. The molecular formula is C21H34O2. The van der Waals surface area contributed by atoms with Gasteiger partial charge in [-0.25, -0.2) is 0 Å². The summed E-state index contributed by atoms with van der Waals surface area (Å²) in [7, 11) is 0. The summed E-state index contributed by atoms with van der Waals surface area (Å²) < 4.78 is 0. The zero-order chi connectivity index (χ0) is 16.2. The standard InChI is InChI=1S/C21H34O2/c1-20-11-4-3-5-14(20)6-8-16-17-9-7-15(13-19(22)23)21(17,2)12-10-18(16)20/h7,9,14-19,22-23H,3-6,8,10-13H2,1-2H3/t14?,15-,16+,17+,18+,20+,21-/m1/s1. The molecule has 0 heterocycles. The van der Waals surface area contributed by atoms with Crippen molar-refractivity contribution in [1.29, 1.82) is 0 Å². The van der Waals surface area contributed by atoms with Crippen molar-refractivity contribution < 1.29 is 10.2 Å². The maximum Gasteiger partial charge on any atom is 0.152 e. The molecule has 1 unspecified atom stereocenters. The highest BCUT2D eigenvalue weighted by Crippen LogP contribution is 2.66. The van der Waals surface area contributed by atoms with Crippen LogP contribution in [0.4, 0.5) is 0 Å². The van der Waals surface area contributed by atoms with Crippen LogP contribution in [-0.4, -0.2) is 16.5 Å². The summed E-state index contributed by atoms with van der Waals surface area (Å²) >= 11 is 0. The number of hydrogen-bond donors (Lipinski definition) is 2. The van der Waals surface area contributed by atoms with Gasteiger partial charge in [0.25, 0.3) is 0 Å². The molecule has 3 fully saturated rings. The minimum Gasteiger partial charge on any atom is -0.368 e. The average molecular weight is 319 g/mol. The van der Waals surface area contributed by atoms with Gasteiger partial charge in [0, 0.05) is 6.42 Å². The van der Waals surface area contributed by atoms with Crippen LogP contribution in [0.5, 0.6) is 0 Å². The van der Waals surface area contributed by atoms with E-state index < -0.39 is 6.29 Å². The van der Waals surface area contributed by atoms with Crippen LogP contribution < -0.4 is 0 Å². The molecule has 0 amide bonds. The fraction of sp³-hybridized carbons (Fsp3) is 0.905. The Labute approximate surface area is 141 Å². The fourth-order valence-corrected chi connectivity index (χ4v) is 7.42. The lowest BCUT2D eigenvalue weighted by Gasteiger charge is -2.60. The third-order valence-electron chi connectivity index (χ3n) is 8.74. The van der Waals surface area contributed by atoms with Crippen molar-refractivity contribution in [3.8, 4) is 0 Å². The zero-order valence-electron chi connectivity index (χ0n) is 14.9. The Hall–Kier alpha value is -0.340. The highest BCUT2D eigenvalue weighted by atomic mass is 16.5. The summed E-state index contributed by atoms with van der Waals surface area (Å²) in [4.78, 5) is 0. The van der Waals surface area contributed by atoms with Crippen LogP contribution >= 0.6 is 0 Å². The van der Waals surface area contributed by atoms with Crippen LogP contribution in [0.2, 0.25) is 0 Å². The Morgan fingerprint density at radius 3 is 2.57 bits per heavy atom. The Kier molecular flexibility index (Phi) is 3.93. The fourth-order valence-electron chi connectivity index (χ4n) is 7.42. The van der Waals surface area contributed by atoms with E-state index in [1.807, 2.05) is 0 Å². The van der Waals surface area contributed by atoms with E-state index in [9.17, 15) is 10.2 Å². The molecule has 0 spiro atoms. The van der Waals surface area contributed by atoms with E-state index in [1.165, 1.54) is 51.4 Å². The van der Waals surface area contributed by atoms with Crippen LogP contribution in [0.1, 0.15) is 71.6 Å². The van der Waals surface area contributed by atoms with Crippen LogP contribution in [0, 0.1) is 40.4 Å². The molecule has 4 aliphatic carbocycles. The van der Waals surface area contributed by atoms with Gasteiger partial charge in [-0.2, -0.15) is 0 Å². The first-order valence-electron chi connectivity index (χ1n) is 9.99. The lowest BCUT2D eigenvalue weighted by atomic mass is 9.44. The van der Waals surface area contributed by atoms with Crippen molar-refractivity contribution >= 4 is 0 Å². The van der Waals surface area contributed by atoms with Gasteiger partial charge < -0.3 is 10.2 Å². The van der Waals surface area contributed by atoms with Gasteiger partial charge in [-0.1, -0.05) is 38.8 Å². The molecule has 0 aromatic carbocycles. The van der Waals surface area contributed by atoms with Crippen LogP contribution in [-0.2, 0) is 0 Å². The van der Waals surface area contributed by atoms with Crippen LogP contribution in [0.25, 0.3) is 0 Å². The number of aliphatic hydroxyl groups is 2. The molecule has 7 atom stereocenters. The van der Waals surface area contributed by atoms with Crippen molar-refractivity contribution in [3.05, 3.63) is 12.2 Å². The zero-order valence-corrected chi connectivity index (χ0v) is 14.9. The first kappa shape index (κ1) is 16.1. The molecule has 2 heteroatoms. The molecule has 2 N–H and O–H groups in total. The summed E-state index contributed by atoms with van der Waals surface area (Å²) in [6.45, 7) is 5.04. The minimum absolute atomic E-state index is 0.267. The second kappa shape index (κ2) is 5.59. The number of allylic oxidation sites excluding steroid dienone is 2. The third kappa shape index (κ3) is 2.35. The second-order valence-electron chi connectivity index (χ2n) is 9.57. The van der Waals surface area contributed by atoms with E-state index in [2.05, 4.69) is 26.0 Å². The Bertz CT molecular complexity index is 484. The third-order valence-corrected chi connectivity index (χ3v) is 8.74. The highest BCUT2D eigenvalue weighted by molar-refractivity contribution is 5.18. The molecular weight excluding hydrogens is 284 g/mol. The molecule has 0 bridgehead atoms. The minimum atomic E-state index is -1.16. The van der Waals surface area contributed by atoms with Gasteiger partial charge in [0.05, 0.1) is 0 Å². The molecule has 2 nitrogen and oxygen atoms in total. The van der Waals surface area contributed by atoms with Crippen molar-refractivity contribution in [2.24, 2.45) is 40.4 Å². The molecule has 3 saturated carbocycles. The molecule has 0 aliphatic heterocycles. The number of hydrogen-bond acceptors (Lipinski definition) is 2. The topological polar surface area (TPSA) is 40.5 Å². The second-order valence-corrected chi connectivity index (χ2v) is 9.57. The predicted octanol–water partition coefficient (Wildman–Crippen LogP) is 4.51. The number of rotatable bonds is 2. The maximum atomic E-state index is 9.47. The first-order chi connectivity index (χ1) is 10.9. The normalized spacial score (nSPS) is 52.1. The Morgan fingerprint density at radius 1 is 0.957 bits per heavy atom. The van der Waals surface area contributed by atoms with Gasteiger partial charge in [0.15, 0.2) is 6.29 Å². The molecule has 0 aromatic rings. The van der Waals surface area contributed by atoms with Crippen molar-refractivity contribution in [2.75, 3.05) is 0 Å². The van der Waals surface area contributed by atoms with E-state index >= 15 is 0 Å². The smallest absolute Gasteiger partial charge is 0.152 e. The molecule has 0 radical (unpaired) electrons. The summed E-state index contributed by atoms with van der Waals surface area (Å²) in [5, 5.41) is 18.9. The quantitative estimate of drug-likeness (QED) is 0.581. The largest absolute Gasteiger partial charge is 0.368 e. The first-order valence-corrected chi connectivity index (χ1v) is 9.99. The molecule has 23 heavy (non-hydrogen) atoms. The van der Waals surface area contributed by atoms with Crippen molar-refractivity contribution in [3.63, 3.8) is 0 Å². The monoisotopic (exact) mass is 318 g/mol. The molecule has 4 aliphatic rings. The van der Waals surface area contributed by atoms with Crippen LogP contribution in [0.3, 0.4) is 0 Å². The summed E-state index contributed by atoms with van der Waals surface area (Å²) in [6, 6.07) is 0. The van der Waals surface area contributed by atoms with Crippen molar-refractivity contribution in [1.82, 2.24) is 0 Å². The molecule has 0 aromatic heterocycles. The highest BCUT2D eigenvalue weighted by Gasteiger charge is 2.58. The maximum absolute atomic E-state index is 9.47. The van der Waals surface area contributed by atoms with Gasteiger partial charge in [-0.15, -0.1) is 0 Å². The molecule has 0 saturated heterocycles. The van der Waals surface area contributed by atoms with Gasteiger partial charge in [0.1, 0.15) is 0 Å². The van der Waals surface area contributed by atoms with E-state index in [0.29, 0.717) is 23.7 Å². The van der Waals surface area contributed by atoms with Gasteiger partial charge in [-0.05, 0) is 78.9 Å². The number of aliphatic hydroxyl groups excluding tert-OH is 1. The van der Waals surface area contributed by atoms with Gasteiger partial charge >= 0.3 is 0 Å². The predicted molar refractivity (Wildman–Crippen MR) is 92.6 cm³/mol. The average Bonchev–Trinajstić information content (AvgIpc) is 2.83. The SMILES string of the molecule is C[C@]12CC[C@H]3[C@@H](CCC4CCCC[C@@]43C)[C@@H]1C=C[C@@H]2CC(O)O. The van der Waals surface area contributed by atoms with E-state index in [0.717, 1.165) is 17.8 Å². The van der Waals surface area contributed by atoms with E-state index in [-0.39, 0.29) is 5.41 Å². The lowest BCUT2D eigenvalue weighted by molar-refractivity contribution is -0.116. The van der Waals surface area contributed by atoms with Gasteiger partial charge in [-0.3, -0.25) is 0 Å². The number of fused-ring (bicyclic) bond motifs is 5.